The third-order valence-electron chi connectivity index (χ3n) is 7.70. The average Bonchev–Trinajstić information content (AvgIpc) is 3.49. The molecule has 5 rings (SSSR count). The second-order valence-electron chi connectivity index (χ2n) is 9.70. The van der Waals surface area contributed by atoms with Crippen LogP contribution < -0.4 is 0 Å². The molecule has 0 aromatic heterocycles. The third-order valence-corrected chi connectivity index (χ3v) is 7.70. The molecular weight excluding hydrogens is 380 g/mol. The van der Waals surface area contributed by atoms with Crippen molar-refractivity contribution in [1.82, 2.24) is 9.80 Å². The summed E-state index contributed by atoms with van der Waals surface area (Å²) < 4.78 is 0. The largest absolute Gasteiger partial charge is 0.341 e. The molecule has 3 atom stereocenters. The molecule has 3 nitrogen and oxygen atoms in total. The van der Waals surface area contributed by atoms with Gasteiger partial charge in [0.05, 0.1) is 6.42 Å². The molecule has 0 unspecified atom stereocenters. The van der Waals surface area contributed by atoms with E-state index >= 15 is 0 Å². The number of carbonyl (C=O) groups is 1. The van der Waals surface area contributed by atoms with Crippen LogP contribution in [0.2, 0.25) is 0 Å². The van der Waals surface area contributed by atoms with Crippen molar-refractivity contribution in [3.05, 3.63) is 77.4 Å². The van der Waals surface area contributed by atoms with E-state index < -0.39 is 0 Å². The van der Waals surface area contributed by atoms with Crippen molar-refractivity contribution < 1.29 is 4.79 Å². The van der Waals surface area contributed by atoms with Gasteiger partial charge in [-0.2, -0.15) is 0 Å². The Labute approximate surface area is 186 Å². The SMILES string of the molecule is C[C@@H]1CCCN1CCc1ccc(C2=CC[C@H]3CN(C(=O)Cc4ccccc4)C[C@@H]23)cc1. The summed E-state index contributed by atoms with van der Waals surface area (Å²) in [5, 5.41) is 0. The van der Waals surface area contributed by atoms with E-state index in [9.17, 15) is 4.79 Å². The first kappa shape index (κ1) is 20.5. The molecule has 2 fully saturated rings. The fraction of sp³-hybridized carbons (Fsp3) is 0.464. The Bertz CT molecular complexity index is 933. The van der Waals surface area contributed by atoms with Gasteiger partial charge >= 0.3 is 0 Å². The highest BCUT2D eigenvalue weighted by Gasteiger charge is 2.40. The minimum Gasteiger partial charge on any atom is -0.341 e. The smallest absolute Gasteiger partial charge is 0.227 e. The molecule has 0 N–H and O–H groups in total. The highest BCUT2D eigenvalue weighted by molar-refractivity contribution is 5.80. The van der Waals surface area contributed by atoms with Gasteiger partial charge in [0.25, 0.3) is 0 Å². The fourth-order valence-electron chi connectivity index (χ4n) is 5.77. The highest BCUT2D eigenvalue weighted by atomic mass is 16.2. The van der Waals surface area contributed by atoms with Gasteiger partial charge in [0, 0.05) is 31.6 Å². The van der Waals surface area contributed by atoms with Gasteiger partial charge in [-0.15, -0.1) is 0 Å². The molecule has 0 spiro atoms. The van der Waals surface area contributed by atoms with Crippen LogP contribution in [0.5, 0.6) is 0 Å². The lowest BCUT2D eigenvalue weighted by Gasteiger charge is -2.21. The van der Waals surface area contributed by atoms with Crippen LogP contribution in [-0.2, 0) is 17.6 Å². The van der Waals surface area contributed by atoms with Gasteiger partial charge < -0.3 is 9.80 Å². The number of fused-ring (bicyclic) bond motifs is 1. The van der Waals surface area contributed by atoms with E-state index in [2.05, 4.69) is 47.1 Å². The van der Waals surface area contributed by atoms with Crippen LogP contribution in [0.25, 0.3) is 5.57 Å². The Morgan fingerprint density at radius 3 is 2.55 bits per heavy atom. The normalized spacial score (nSPS) is 25.6. The van der Waals surface area contributed by atoms with E-state index in [1.165, 1.54) is 42.6 Å². The first-order valence-electron chi connectivity index (χ1n) is 12.0. The van der Waals surface area contributed by atoms with E-state index in [1.807, 2.05) is 30.3 Å². The Balaban J connectivity index is 1.18. The maximum atomic E-state index is 12.8. The molecule has 1 amide bonds. The van der Waals surface area contributed by atoms with Crippen LogP contribution in [0.4, 0.5) is 0 Å². The molecule has 2 aliphatic heterocycles. The van der Waals surface area contributed by atoms with Crippen molar-refractivity contribution in [1.29, 1.82) is 0 Å². The van der Waals surface area contributed by atoms with Gasteiger partial charge in [-0.1, -0.05) is 60.7 Å². The van der Waals surface area contributed by atoms with E-state index in [1.54, 1.807) is 0 Å². The molecule has 3 heteroatoms. The van der Waals surface area contributed by atoms with Gasteiger partial charge in [-0.3, -0.25) is 4.79 Å². The number of benzene rings is 2. The Morgan fingerprint density at radius 2 is 1.81 bits per heavy atom. The molecule has 0 bridgehead atoms. The minimum absolute atomic E-state index is 0.270. The van der Waals surface area contributed by atoms with Gasteiger partial charge in [0.15, 0.2) is 0 Å². The molecule has 2 saturated heterocycles. The van der Waals surface area contributed by atoms with Gasteiger partial charge in [-0.25, -0.2) is 0 Å². The molecule has 2 aromatic carbocycles. The average molecular weight is 415 g/mol. The van der Waals surface area contributed by atoms with Crippen molar-refractivity contribution in [2.45, 2.75) is 45.1 Å². The fourth-order valence-corrected chi connectivity index (χ4v) is 5.77. The summed E-state index contributed by atoms with van der Waals surface area (Å²) in [7, 11) is 0. The third kappa shape index (κ3) is 4.48. The quantitative estimate of drug-likeness (QED) is 0.677. The van der Waals surface area contributed by atoms with Gasteiger partial charge in [0.2, 0.25) is 5.91 Å². The van der Waals surface area contributed by atoms with Crippen LogP contribution in [0.1, 0.15) is 42.9 Å². The summed E-state index contributed by atoms with van der Waals surface area (Å²) >= 11 is 0. The van der Waals surface area contributed by atoms with Crippen molar-refractivity contribution in [2.24, 2.45) is 11.8 Å². The second-order valence-corrected chi connectivity index (χ2v) is 9.70. The number of amides is 1. The molecule has 0 saturated carbocycles. The zero-order valence-corrected chi connectivity index (χ0v) is 18.7. The molecule has 162 valence electrons. The summed E-state index contributed by atoms with van der Waals surface area (Å²) in [4.78, 5) is 17.6. The molecular formula is C28H34N2O. The Morgan fingerprint density at radius 1 is 1.00 bits per heavy atom. The van der Waals surface area contributed by atoms with Crippen LogP contribution in [0.3, 0.4) is 0 Å². The van der Waals surface area contributed by atoms with Crippen molar-refractivity contribution in [3.63, 3.8) is 0 Å². The van der Waals surface area contributed by atoms with Crippen LogP contribution in [0.15, 0.2) is 60.7 Å². The standard InChI is InChI=1S/C28H34N2O/c1-21-6-5-16-29(21)17-15-22-9-11-24(12-10-22)26-14-13-25-19-30(20-27(25)26)28(31)18-23-7-3-2-4-8-23/h2-4,7-12,14,21,25,27H,5-6,13,15-20H2,1H3/t21-,25+,27-/m1/s1. The molecule has 0 radical (unpaired) electrons. The van der Waals surface area contributed by atoms with Crippen LogP contribution in [-0.4, -0.2) is 47.9 Å². The maximum absolute atomic E-state index is 12.8. The topological polar surface area (TPSA) is 23.6 Å². The Kier molecular flexibility index (Phi) is 5.95. The number of carbonyl (C=O) groups excluding carboxylic acids is 1. The summed E-state index contributed by atoms with van der Waals surface area (Å²) in [6.45, 7) is 6.56. The maximum Gasteiger partial charge on any atom is 0.227 e. The van der Waals surface area contributed by atoms with Crippen molar-refractivity contribution in [3.8, 4) is 0 Å². The zero-order valence-electron chi connectivity index (χ0n) is 18.7. The van der Waals surface area contributed by atoms with Crippen LogP contribution in [0, 0.1) is 11.8 Å². The number of hydrogen-bond acceptors (Lipinski definition) is 2. The lowest BCUT2D eigenvalue weighted by atomic mass is 9.90. The zero-order chi connectivity index (χ0) is 21.2. The molecule has 1 aliphatic carbocycles. The molecule has 2 aromatic rings. The summed E-state index contributed by atoms with van der Waals surface area (Å²) in [6, 6.07) is 20.1. The number of rotatable bonds is 6. The highest BCUT2D eigenvalue weighted by Crippen LogP contribution is 2.43. The van der Waals surface area contributed by atoms with E-state index in [4.69, 9.17) is 0 Å². The van der Waals surface area contributed by atoms with Gasteiger partial charge in [-0.05, 0) is 67.3 Å². The van der Waals surface area contributed by atoms with Crippen molar-refractivity contribution >= 4 is 11.5 Å². The lowest BCUT2D eigenvalue weighted by Crippen LogP contribution is -2.30. The number of hydrogen-bond donors (Lipinski definition) is 0. The van der Waals surface area contributed by atoms with Gasteiger partial charge in [0.1, 0.15) is 0 Å². The first-order valence-corrected chi connectivity index (χ1v) is 12.0. The van der Waals surface area contributed by atoms with E-state index in [0.717, 1.165) is 37.5 Å². The lowest BCUT2D eigenvalue weighted by molar-refractivity contribution is -0.129. The number of nitrogens with zero attached hydrogens (tertiary/aromatic N) is 2. The summed E-state index contributed by atoms with van der Waals surface area (Å²) in [5.74, 6) is 1.36. The monoisotopic (exact) mass is 414 g/mol. The van der Waals surface area contributed by atoms with Crippen LogP contribution >= 0.6 is 0 Å². The molecule has 2 heterocycles. The first-order chi connectivity index (χ1) is 15.2. The minimum atomic E-state index is 0.270. The molecule has 31 heavy (non-hydrogen) atoms. The summed E-state index contributed by atoms with van der Waals surface area (Å²) in [5.41, 5.74) is 5.35. The van der Waals surface area contributed by atoms with Crippen molar-refractivity contribution in [2.75, 3.05) is 26.2 Å². The number of likely N-dealkylation sites (tertiary alicyclic amines) is 2. The summed E-state index contributed by atoms with van der Waals surface area (Å²) in [6.07, 6.45) is 7.88. The predicted molar refractivity (Wildman–Crippen MR) is 127 cm³/mol. The second kappa shape index (κ2) is 9.00. The van der Waals surface area contributed by atoms with E-state index in [0.29, 0.717) is 18.3 Å². The molecule has 3 aliphatic rings. The Hall–Kier alpha value is -2.39. The predicted octanol–water partition coefficient (Wildman–Crippen LogP) is 4.82. The van der Waals surface area contributed by atoms with E-state index in [-0.39, 0.29) is 5.91 Å². The number of allylic oxidation sites excluding steroid dienone is 1.